The van der Waals surface area contributed by atoms with Crippen LogP contribution in [0.5, 0.6) is 0 Å². The number of benzene rings is 1. The van der Waals surface area contributed by atoms with E-state index in [4.69, 9.17) is 0 Å². The van der Waals surface area contributed by atoms with E-state index < -0.39 is 6.10 Å². The van der Waals surface area contributed by atoms with E-state index in [9.17, 15) is 9.90 Å². The second kappa shape index (κ2) is 7.15. The van der Waals surface area contributed by atoms with Gasteiger partial charge in [0.05, 0.1) is 11.5 Å². The number of carbonyl (C=O) groups excluding carboxylic acids is 1. The molecule has 0 radical (unpaired) electrons. The molecule has 5 rings (SSSR count). The second-order valence-corrected chi connectivity index (χ2v) is 8.23. The fourth-order valence-corrected chi connectivity index (χ4v) is 4.64. The van der Waals surface area contributed by atoms with Crippen molar-refractivity contribution in [1.29, 1.82) is 0 Å². The van der Waals surface area contributed by atoms with E-state index in [0.29, 0.717) is 0 Å². The Morgan fingerprint density at radius 3 is 2.90 bits per heavy atom. The largest absolute Gasteiger partial charge is 0.387 e. The molecule has 0 bridgehead atoms. The van der Waals surface area contributed by atoms with Gasteiger partial charge in [0, 0.05) is 31.7 Å². The van der Waals surface area contributed by atoms with Crippen LogP contribution < -0.4 is 10.2 Å². The van der Waals surface area contributed by atoms with Gasteiger partial charge >= 0.3 is 0 Å². The molecule has 3 heterocycles. The van der Waals surface area contributed by atoms with Crippen molar-refractivity contribution >= 4 is 22.8 Å². The molecule has 1 unspecified atom stereocenters. The third kappa shape index (κ3) is 3.35. The van der Waals surface area contributed by atoms with Crippen LogP contribution in [0.25, 0.3) is 11.0 Å². The van der Waals surface area contributed by atoms with Gasteiger partial charge in [0.15, 0.2) is 0 Å². The zero-order chi connectivity index (χ0) is 19.8. The second-order valence-electron chi connectivity index (χ2n) is 8.23. The zero-order valence-electron chi connectivity index (χ0n) is 16.2. The molecule has 3 aromatic rings. The molecule has 2 aromatic heterocycles. The number of rotatable bonds is 5. The number of fused-ring (bicyclic) bond motifs is 1. The van der Waals surface area contributed by atoms with E-state index >= 15 is 0 Å². The zero-order valence-corrected chi connectivity index (χ0v) is 16.2. The van der Waals surface area contributed by atoms with E-state index in [-0.39, 0.29) is 23.8 Å². The molecule has 1 aromatic carbocycles. The standard InChI is InChI=1S/C22H25N5O2/c28-18(15-4-2-1-3-5-15)12-24-21(29)17-7-11-27(13-22(17)8-9-22)20-16-6-10-23-19(16)25-14-26-20/h1-6,10,14,17-18,28H,7-9,11-13H2,(H,24,29)(H,23,25,26)/t17?,18-/m0/s1. The van der Waals surface area contributed by atoms with Gasteiger partial charge in [-0.2, -0.15) is 0 Å². The Morgan fingerprint density at radius 2 is 2.10 bits per heavy atom. The highest BCUT2D eigenvalue weighted by Gasteiger charge is 2.55. The summed E-state index contributed by atoms with van der Waals surface area (Å²) in [4.78, 5) is 27.2. The van der Waals surface area contributed by atoms with Crippen molar-refractivity contribution in [2.24, 2.45) is 11.3 Å². The highest BCUT2D eigenvalue weighted by molar-refractivity contribution is 5.87. The van der Waals surface area contributed by atoms with Crippen LogP contribution in [0.3, 0.4) is 0 Å². The Hall–Kier alpha value is -2.93. The number of nitrogens with zero attached hydrogens (tertiary/aromatic N) is 3. The number of hydrogen-bond donors (Lipinski definition) is 3. The van der Waals surface area contributed by atoms with Gasteiger partial charge in [-0.3, -0.25) is 4.79 Å². The normalized spacial score (nSPS) is 21.3. The average molecular weight is 391 g/mol. The Labute approximate surface area is 169 Å². The van der Waals surface area contributed by atoms with E-state index in [1.807, 2.05) is 42.6 Å². The van der Waals surface area contributed by atoms with E-state index in [1.165, 1.54) is 0 Å². The molecule has 2 aliphatic rings. The van der Waals surface area contributed by atoms with Gasteiger partial charge in [0.2, 0.25) is 5.91 Å². The van der Waals surface area contributed by atoms with Gasteiger partial charge in [0.25, 0.3) is 0 Å². The summed E-state index contributed by atoms with van der Waals surface area (Å²) in [5.74, 6) is 0.998. The number of amides is 1. The number of piperidine rings is 1. The fraction of sp³-hybridized carbons (Fsp3) is 0.409. The molecule has 1 spiro atoms. The lowest BCUT2D eigenvalue weighted by Crippen LogP contribution is -2.48. The molecular formula is C22H25N5O2. The first-order chi connectivity index (χ1) is 14.2. The summed E-state index contributed by atoms with van der Waals surface area (Å²) < 4.78 is 0. The van der Waals surface area contributed by atoms with Crippen LogP contribution in [-0.2, 0) is 4.79 Å². The van der Waals surface area contributed by atoms with Crippen LogP contribution in [0.4, 0.5) is 5.82 Å². The predicted molar refractivity (Wildman–Crippen MR) is 110 cm³/mol. The van der Waals surface area contributed by atoms with Crippen LogP contribution in [-0.4, -0.2) is 45.6 Å². The average Bonchev–Trinajstić information content (AvgIpc) is 3.34. The summed E-state index contributed by atoms with van der Waals surface area (Å²) in [5, 5.41) is 14.4. The maximum Gasteiger partial charge on any atom is 0.223 e. The minimum absolute atomic E-state index is 0.00900. The molecule has 7 heteroatoms. The predicted octanol–water partition coefficient (Wildman–Crippen LogP) is 2.41. The third-order valence-electron chi connectivity index (χ3n) is 6.43. The Morgan fingerprint density at radius 1 is 1.28 bits per heavy atom. The molecule has 1 amide bonds. The summed E-state index contributed by atoms with van der Waals surface area (Å²) in [6.45, 7) is 1.87. The molecule has 2 fully saturated rings. The number of nitrogens with one attached hydrogen (secondary N) is 2. The van der Waals surface area contributed by atoms with Crippen molar-refractivity contribution in [3.8, 4) is 0 Å². The van der Waals surface area contributed by atoms with Crippen molar-refractivity contribution in [1.82, 2.24) is 20.3 Å². The lowest BCUT2D eigenvalue weighted by molar-refractivity contribution is -0.128. The molecule has 1 aliphatic carbocycles. The van der Waals surface area contributed by atoms with Crippen molar-refractivity contribution in [2.75, 3.05) is 24.5 Å². The summed E-state index contributed by atoms with van der Waals surface area (Å²) in [5.41, 5.74) is 1.69. The molecule has 1 saturated carbocycles. The van der Waals surface area contributed by atoms with Crippen LogP contribution in [0, 0.1) is 11.3 Å². The number of anilines is 1. The van der Waals surface area contributed by atoms with Crippen molar-refractivity contribution in [2.45, 2.75) is 25.4 Å². The number of H-pyrrole nitrogens is 1. The smallest absolute Gasteiger partial charge is 0.223 e. The number of aromatic amines is 1. The van der Waals surface area contributed by atoms with Gasteiger partial charge in [0.1, 0.15) is 17.8 Å². The number of aliphatic hydroxyl groups excluding tert-OH is 1. The Bertz CT molecular complexity index is 1010. The maximum atomic E-state index is 12.9. The Balaban J connectivity index is 1.25. The van der Waals surface area contributed by atoms with Gasteiger partial charge in [-0.1, -0.05) is 30.3 Å². The quantitative estimate of drug-likeness (QED) is 0.621. The molecule has 1 aliphatic heterocycles. The molecule has 7 nitrogen and oxygen atoms in total. The van der Waals surface area contributed by atoms with Gasteiger partial charge in [-0.05, 0) is 36.3 Å². The highest BCUT2D eigenvalue weighted by atomic mass is 16.3. The first-order valence-corrected chi connectivity index (χ1v) is 10.2. The minimum Gasteiger partial charge on any atom is -0.387 e. The summed E-state index contributed by atoms with van der Waals surface area (Å²) in [6.07, 6.45) is 5.71. The van der Waals surface area contributed by atoms with Gasteiger partial charge < -0.3 is 20.3 Å². The molecule has 150 valence electrons. The number of aliphatic hydroxyl groups is 1. The topological polar surface area (TPSA) is 94.1 Å². The summed E-state index contributed by atoms with van der Waals surface area (Å²) in [7, 11) is 0. The van der Waals surface area contributed by atoms with Gasteiger partial charge in [-0.25, -0.2) is 9.97 Å². The monoisotopic (exact) mass is 391 g/mol. The number of hydrogen-bond acceptors (Lipinski definition) is 5. The van der Waals surface area contributed by atoms with Crippen molar-refractivity contribution in [3.05, 3.63) is 54.5 Å². The number of carbonyl (C=O) groups is 1. The van der Waals surface area contributed by atoms with Crippen LogP contribution in [0.15, 0.2) is 48.9 Å². The third-order valence-corrected chi connectivity index (χ3v) is 6.43. The lowest BCUT2D eigenvalue weighted by atomic mass is 9.81. The van der Waals surface area contributed by atoms with E-state index in [2.05, 4.69) is 25.2 Å². The Kier molecular flexibility index (Phi) is 4.47. The molecule has 3 N–H and O–H groups in total. The maximum absolute atomic E-state index is 12.9. The molecular weight excluding hydrogens is 366 g/mol. The summed E-state index contributed by atoms with van der Waals surface area (Å²) >= 11 is 0. The van der Waals surface area contributed by atoms with Crippen molar-refractivity contribution < 1.29 is 9.90 Å². The fourth-order valence-electron chi connectivity index (χ4n) is 4.64. The first kappa shape index (κ1) is 18.1. The van der Waals surface area contributed by atoms with Crippen molar-refractivity contribution in [3.63, 3.8) is 0 Å². The summed E-state index contributed by atoms with van der Waals surface area (Å²) in [6, 6.07) is 11.5. The van der Waals surface area contributed by atoms with E-state index in [1.54, 1.807) is 6.33 Å². The molecule has 1 saturated heterocycles. The first-order valence-electron chi connectivity index (χ1n) is 10.2. The number of aromatic nitrogens is 3. The SMILES string of the molecule is O=C(NC[C@H](O)c1ccccc1)C1CCN(c2ncnc3[nH]ccc23)CC12CC2. The van der Waals surface area contributed by atoms with Crippen LogP contribution in [0.1, 0.15) is 30.9 Å². The minimum atomic E-state index is -0.682. The molecule has 2 atom stereocenters. The van der Waals surface area contributed by atoms with Gasteiger partial charge in [-0.15, -0.1) is 0 Å². The van der Waals surface area contributed by atoms with E-state index in [0.717, 1.165) is 54.8 Å². The molecule has 29 heavy (non-hydrogen) atoms. The van der Waals surface area contributed by atoms with Crippen LogP contribution >= 0.6 is 0 Å². The highest BCUT2D eigenvalue weighted by Crippen LogP contribution is 2.56. The lowest BCUT2D eigenvalue weighted by Gasteiger charge is -2.39. The van der Waals surface area contributed by atoms with Crippen LogP contribution in [0.2, 0.25) is 0 Å².